The quantitative estimate of drug-likeness (QED) is 0.517. The maximum Gasteiger partial charge on any atom is 0.145 e. The van der Waals surface area contributed by atoms with E-state index >= 15 is 0 Å². The van der Waals surface area contributed by atoms with Crippen LogP contribution in [0.3, 0.4) is 0 Å². The first-order valence-electron chi connectivity index (χ1n) is 6.78. The van der Waals surface area contributed by atoms with Gasteiger partial charge in [-0.3, -0.25) is 4.68 Å². The minimum Gasteiger partial charge on any atom is -0.370 e. The standard InChI is InChI=1S/C13H21N7/c1-3-4-11-16-12(9-13(17-11)18-14)15-7-5-10-6-8-20(2)19-10/h6,8-9H,3-5,7,14H2,1-2H3,(H2,15,16,17,18). The molecule has 0 amide bonds. The fourth-order valence-electron chi connectivity index (χ4n) is 1.91. The first-order valence-corrected chi connectivity index (χ1v) is 6.78. The van der Waals surface area contributed by atoms with Crippen molar-refractivity contribution in [3.63, 3.8) is 0 Å². The number of hydrogen-bond donors (Lipinski definition) is 3. The van der Waals surface area contributed by atoms with Gasteiger partial charge in [-0.25, -0.2) is 15.8 Å². The summed E-state index contributed by atoms with van der Waals surface area (Å²) in [6, 6.07) is 3.81. The molecule has 7 nitrogen and oxygen atoms in total. The Morgan fingerprint density at radius 2 is 2.05 bits per heavy atom. The van der Waals surface area contributed by atoms with Crippen molar-refractivity contribution in [2.24, 2.45) is 12.9 Å². The van der Waals surface area contributed by atoms with E-state index in [9.17, 15) is 0 Å². The van der Waals surface area contributed by atoms with E-state index < -0.39 is 0 Å². The summed E-state index contributed by atoms with van der Waals surface area (Å²) in [5.41, 5.74) is 3.63. The Morgan fingerprint density at radius 1 is 1.25 bits per heavy atom. The van der Waals surface area contributed by atoms with Crippen LogP contribution < -0.4 is 16.6 Å². The number of nitrogens with zero attached hydrogens (tertiary/aromatic N) is 4. The molecule has 0 fully saturated rings. The third kappa shape index (κ3) is 3.92. The number of nitrogens with one attached hydrogen (secondary N) is 2. The topological polar surface area (TPSA) is 93.7 Å². The summed E-state index contributed by atoms with van der Waals surface area (Å²) in [6.45, 7) is 2.86. The number of aryl methyl sites for hydroxylation is 2. The lowest BCUT2D eigenvalue weighted by molar-refractivity contribution is 0.741. The first-order chi connectivity index (χ1) is 9.71. The summed E-state index contributed by atoms with van der Waals surface area (Å²) in [5, 5.41) is 7.61. The molecule has 0 aliphatic heterocycles. The number of hydrazine groups is 1. The minimum atomic E-state index is 0.629. The molecule has 0 saturated carbocycles. The number of nitrogens with two attached hydrogens (primary N) is 1. The second kappa shape index (κ2) is 6.85. The Labute approximate surface area is 118 Å². The van der Waals surface area contributed by atoms with Gasteiger partial charge in [-0.2, -0.15) is 5.10 Å². The van der Waals surface area contributed by atoms with Crippen molar-refractivity contribution in [2.45, 2.75) is 26.2 Å². The Hall–Kier alpha value is -2.15. The van der Waals surface area contributed by atoms with E-state index in [0.717, 1.165) is 43.1 Å². The van der Waals surface area contributed by atoms with Crippen molar-refractivity contribution in [2.75, 3.05) is 17.3 Å². The highest BCUT2D eigenvalue weighted by Gasteiger charge is 2.04. The average molecular weight is 275 g/mol. The van der Waals surface area contributed by atoms with Crippen LogP contribution in [0.25, 0.3) is 0 Å². The lowest BCUT2D eigenvalue weighted by Crippen LogP contribution is -2.13. The molecule has 0 aliphatic carbocycles. The van der Waals surface area contributed by atoms with Crippen LogP contribution in [-0.4, -0.2) is 26.3 Å². The van der Waals surface area contributed by atoms with E-state index in [2.05, 4.69) is 32.7 Å². The molecule has 0 aromatic carbocycles. The first kappa shape index (κ1) is 14.3. The normalized spacial score (nSPS) is 10.6. The Bertz CT molecular complexity index is 549. The largest absolute Gasteiger partial charge is 0.370 e. The van der Waals surface area contributed by atoms with Crippen LogP contribution >= 0.6 is 0 Å². The molecule has 0 aliphatic rings. The molecule has 0 spiro atoms. The maximum absolute atomic E-state index is 5.43. The molecule has 0 bridgehead atoms. The van der Waals surface area contributed by atoms with Crippen LogP contribution in [0.4, 0.5) is 11.6 Å². The van der Waals surface area contributed by atoms with Gasteiger partial charge < -0.3 is 10.7 Å². The lowest BCUT2D eigenvalue weighted by atomic mass is 10.3. The van der Waals surface area contributed by atoms with Crippen LogP contribution in [0, 0.1) is 0 Å². The van der Waals surface area contributed by atoms with E-state index in [1.807, 2.05) is 19.3 Å². The fourth-order valence-corrected chi connectivity index (χ4v) is 1.91. The molecule has 2 heterocycles. The highest BCUT2D eigenvalue weighted by Crippen LogP contribution is 2.11. The summed E-state index contributed by atoms with van der Waals surface area (Å²) < 4.78 is 1.80. The van der Waals surface area contributed by atoms with Crippen molar-refractivity contribution in [1.29, 1.82) is 0 Å². The molecule has 0 radical (unpaired) electrons. The van der Waals surface area contributed by atoms with Gasteiger partial charge in [-0.15, -0.1) is 0 Å². The van der Waals surface area contributed by atoms with Crippen LogP contribution in [0.5, 0.6) is 0 Å². The predicted molar refractivity (Wildman–Crippen MR) is 79.2 cm³/mol. The molecule has 0 saturated heterocycles. The third-order valence-corrected chi connectivity index (χ3v) is 2.85. The van der Waals surface area contributed by atoms with Gasteiger partial charge in [-0.05, 0) is 12.5 Å². The molecule has 4 N–H and O–H groups in total. The Kier molecular flexibility index (Phi) is 4.89. The van der Waals surface area contributed by atoms with Crippen molar-refractivity contribution < 1.29 is 0 Å². The van der Waals surface area contributed by atoms with E-state index in [1.54, 1.807) is 10.7 Å². The van der Waals surface area contributed by atoms with Gasteiger partial charge in [0.05, 0.1) is 5.69 Å². The number of hydrogen-bond acceptors (Lipinski definition) is 6. The Balaban J connectivity index is 1.95. The molecule has 2 aromatic heterocycles. The monoisotopic (exact) mass is 275 g/mol. The van der Waals surface area contributed by atoms with Gasteiger partial charge >= 0.3 is 0 Å². The van der Waals surface area contributed by atoms with Crippen molar-refractivity contribution >= 4 is 11.6 Å². The van der Waals surface area contributed by atoms with E-state index in [-0.39, 0.29) is 0 Å². The summed E-state index contributed by atoms with van der Waals surface area (Å²) in [7, 11) is 1.91. The molecule has 2 aromatic rings. The molecule has 0 atom stereocenters. The minimum absolute atomic E-state index is 0.629. The molecule has 2 rings (SSSR count). The second-order valence-corrected chi connectivity index (χ2v) is 4.61. The molecular formula is C13H21N7. The van der Waals surface area contributed by atoms with Gasteiger partial charge in [-0.1, -0.05) is 6.92 Å². The van der Waals surface area contributed by atoms with Gasteiger partial charge in [0.25, 0.3) is 0 Å². The molecule has 20 heavy (non-hydrogen) atoms. The zero-order valence-corrected chi connectivity index (χ0v) is 11.9. The van der Waals surface area contributed by atoms with E-state index in [0.29, 0.717) is 5.82 Å². The maximum atomic E-state index is 5.43. The highest BCUT2D eigenvalue weighted by atomic mass is 15.3. The predicted octanol–water partition coefficient (Wildman–Crippen LogP) is 1.10. The zero-order valence-electron chi connectivity index (χ0n) is 11.9. The van der Waals surface area contributed by atoms with Crippen LogP contribution in [0.1, 0.15) is 24.9 Å². The molecule has 0 unspecified atom stereocenters. The van der Waals surface area contributed by atoms with Crippen LogP contribution in [0.15, 0.2) is 18.3 Å². The molecule has 7 heteroatoms. The number of rotatable bonds is 7. The average Bonchev–Trinajstić information content (AvgIpc) is 2.84. The van der Waals surface area contributed by atoms with Crippen LogP contribution in [-0.2, 0) is 19.9 Å². The third-order valence-electron chi connectivity index (χ3n) is 2.85. The Morgan fingerprint density at radius 3 is 2.70 bits per heavy atom. The number of nitrogen functional groups attached to an aromatic ring is 1. The summed E-state index contributed by atoms with van der Waals surface area (Å²) >= 11 is 0. The van der Waals surface area contributed by atoms with Gasteiger partial charge in [0.2, 0.25) is 0 Å². The van der Waals surface area contributed by atoms with Crippen molar-refractivity contribution in [1.82, 2.24) is 19.7 Å². The highest BCUT2D eigenvalue weighted by molar-refractivity contribution is 5.46. The molecular weight excluding hydrogens is 254 g/mol. The zero-order chi connectivity index (χ0) is 14.4. The second-order valence-electron chi connectivity index (χ2n) is 4.61. The summed E-state index contributed by atoms with van der Waals surface area (Å²) in [4.78, 5) is 8.77. The summed E-state index contributed by atoms with van der Waals surface area (Å²) in [6.07, 6.45) is 4.63. The van der Waals surface area contributed by atoms with Gasteiger partial charge in [0, 0.05) is 38.7 Å². The number of aromatic nitrogens is 4. The lowest BCUT2D eigenvalue weighted by Gasteiger charge is -2.08. The van der Waals surface area contributed by atoms with Gasteiger partial charge in [0.1, 0.15) is 17.5 Å². The van der Waals surface area contributed by atoms with E-state index in [4.69, 9.17) is 5.84 Å². The summed E-state index contributed by atoms with van der Waals surface area (Å²) in [5.74, 6) is 7.63. The van der Waals surface area contributed by atoms with E-state index in [1.165, 1.54) is 0 Å². The van der Waals surface area contributed by atoms with Crippen LogP contribution in [0.2, 0.25) is 0 Å². The van der Waals surface area contributed by atoms with Crippen molar-refractivity contribution in [3.05, 3.63) is 29.8 Å². The van der Waals surface area contributed by atoms with Gasteiger partial charge in [0.15, 0.2) is 0 Å². The number of anilines is 2. The fraction of sp³-hybridized carbons (Fsp3) is 0.462. The molecule has 108 valence electrons. The SMILES string of the molecule is CCCc1nc(NN)cc(NCCc2ccn(C)n2)n1. The smallest absolute Gasteiger partial charge is 0.145 e. The van der Waals surface area contributed by atoms with Crippen molar-refractivity contribution in [3.8, 4) is 0 Å².